The van der Waals surface area contributed by atoms with Gasteiger partial charge in [-0.15, -0.1) is 0 Å². The first-order valence-corrected chi connectivity index (χ1v) is 10.6. The van der Waals surface area contributed by atoms with Crippen LogP contribution in [-0.4, -0.2) is 22.8 Å². The van der Waals surface area contributed by atoms with E-state index in [1.54, 1.807) is 13.8 Å². The van der Waals surface area contributed by atoms with Crippen molar-refractivity contribution in [2.24, 2.45) is 34.5 Å². The van der Waals surface area contributed by atoms with Gasteiger partial charge in [0.1, 0.15) is 5.78 Å². The SMILES string of the molecule is C=C1CCC2C3C(OC(C)(C)O)CC4CC(=O)CCC4(C)C3CCC12C. The van der Waals surface area contributed by atoms with Crippen LogP contribution in [0.25, 0.3) is 0 Å². The third-order valence-electron chi connectivity index (χ3n) is 8.87. The average molecular weight is 361 g/mol. The highest BCUT2D eigenvalue weighted by Gasteiger charge is 2.62. The van der Waals surface area contributed by atoms with Crippen LogP contribution in [0.15, 0.2) is 12.2 Å². The van der Waals surface area contributed by atoms with Gasteiger partial charge in [0.25, 0.3) is 0 Å². The van der Waals surface area contributed by atoms with Gasteiger partial charge in [0.15, 0.2) is 5.79 Å². The number of Topliss-reactive ketones (excluding diaryl/α,β-unsaturated/α-hetero) is 1. The van der Waals surface area contributed by atoms with E-state index in [9.17, 15) is 9.90 Å². The molecule has 0 bridgehead atoms. The molecule has 0 radical (unpaired) electrons. The van der Waals surface area contributed by atoms with E-state index in [2.05, 4.69) is 20.4 Å². The lowest BCUT2D eigenvalue weighted by atomic mass is 9.44. The van der Waals surface area contributed by atoms with E-state index in [1.807, 2.05) is 0 Å². The van der Waals surface area contributed by atoms with Crippen LogP contribution in [0.5, 0.6) is 0 Å². The molecule has 7 atom stereocenters. The van der Waals surface area contributed by atoms with E-state index in [0.717, 1.165) is 25.7 Å². The Morgan fingerprint density at radius 2 is 1.88 bits per heavy atom. The number of aliphatic hydroxyl groups is 1. The minimum absolute atomic E-state index is 0.0551. The largest absolute Gasteiger partial charge is 0.366 e. The van der Waals surface area contributed by atoms with Crippen LogP contribution < -0.4 is 0 Å². The number of hydrogen-bond donors (Lipinski definition) is 1. The Balaban J connectivity index is 1.73. The van der Waals surface area contributed by atoms with Crippen molar-refractivity contribution >= 4 is 5.78 Å². The third-order valence-corrected chi connectivity index (χ3v) is 8.87. The summed E-state index contributed by atoms with van der Waals surface area (Å²) in [6, 6.07) is 0. The standard InChI is InChI=1S/C23H36O3/c1-14-6-7-17-20-18(9-11-22(14,17)4)23(5)10-8-16(24)12-15(23)13-19(20)26-21(2,3)25/h15,17-20,25H,1,6-13H2,2-5H3. The first-order valence-electron chi connectivity index (χ1n) is 10.6. The van der Waals surface area contributed by atoms with Crippen LogP contribution in [0.3, 0.4) is 0 Å². The zero-order chi connectivity index (χ0) is 18.9. The lowest BCUT2D eigenvalue weighted by Crippen LogP contribution is -2.59. The fourth-order valence-corrected chi connectivity index (χ4v) is 7.39. The van der Waals surface area contributed by atoms with Gasteiger partial charge in [-0.1, -0.05) is 26.0 Å². The molecule has 0 saturated heterocycles. The third kappa shape index (κ3) is 2.73. The van der Waals surface area contributed by atoms with Crippen molar-refractivity contribution in [3.8, 4) is 0 Å². The summed E-state index contributed by atoms with van der Waals surface area (Å²) >= 11 is 0. The summed E-state index contributed by atoms with van der Waals surface area (Å²) in [5, 5.41) is 10.4. The molecule has 0 aromatic rings. The summed E-state index contributed by atoms with van der Waals surface area (Å²) < 4.78 is 6.28. The van der Waals surface area contributed by atoms with Gasteiger partial charge >= 0.3 is 0 Å². The highest BCUT2D eigenvalue weighted by molar-refractivity contribution is 5.79. The van der Waals surface area contributed by atoms with Gasteiger partial charge in [-0.3, -0.25) is 4.79 Å². The summed E-state index contributed by atoms with van der Waals surface area (Å²) in [6.45, 7) is 12.8. The molecule has 3 nitrogen and oxygen atoms in total. The summed E-state index contributed by atoms with van der Waals surface area (Å²) in [5.74, 6) is 1.40. The van der Waals surface area contributed by atoms with Crippen molar-refractivity contribution in [3.63, 3.8) is 0 Å². The number of carbonyl (C=O) groups excluding carboxylic acids is 1. The average Bonchev–Trinajstić information content (AvgIpc) is 2.83. The summed E-state index contributed by atoms with van der Waals surface area (Å²) in [7, 11) is 0. The molecule has 7 unspecified atom stereocenters. The van der Waals surface area contributed by atoms with Crippen molar-refractivity contribution < 1.29 is 14.6 Å². The molecular weight excluding hydrogens is 324 g/mol. The highest BCUT2D eigenvalue weighted by atomic mass is 16.6. The maximum atomic E-state index is 12.2. The van der Waals surface area contributed by atoms with Crippen LogP contribution in [-0.2, 0) is 9.53 Å². The molecule has 0 aromatic heterocycles. The molecule has 4 rings (SSSR count). The van der Waals surface area contributed by atoms with E-state index >= 15 is 0 Å². The Kier molecular flexibility index (Phi) is 4.25. The lowest BCUT2D eigenvalue weighted by molar-refractivity contribution is -0.260. The molecule has 26 heavy (non-hydrogen) atoms. The van der Waals surface area contributed by atoms with Gasteiger partial charge in [0, 0.05) is 12.8 Å². The van der Waals surface area contributed by atoms with E-state index in [-0.39, 0.29) is 16.9 Å². The van der Waals surface area contributed by atoms with Gasteiger partial charge in [-0.2, -0.15) is 0 Å². The number of fused-ring (bicyclic) bond motifs is 5. The van der Waals surface area contributed by atoms with E-state index in [4.69, 9.17) is 4.74 Å². The van der Waals surface area contributed by atoms with E-state index in [0.29, 0.717) is 35.9 Å². The number of carbonyl (C=O) groups is 1. The zero-order valence-corrected chi connectivity index (χ0v) is 17.0. The van der Waals surface area contributed by atoms with Crippen LogP contribution in [0.4, 0.5) is 0 Å². The Bertz CT molecular complexity index is 617. The monoisotopic (exact) mass is 360 g/mol. The molecule has 0 spiro atoms. The van der Waals surface area contributed by atoms with Gasteiger partial charge in [-0.25, -0.2) is 0 Å². The summed E-state index contributed by atoms with van der Waals surface area (Å²) in [5.41, 5.74) is 1.91. The number of ether oxygens (including phenoxy) is 1. The molecule has 0 aromatic carbocycles. The zero-order valence-electron chi connectivity index (χ0n) is 17.0. The first-order chi connectivity index (χ1) is 12.0. The fourth-order valence-electron chi connectivity index (χ4n) is 7.39. The maximum absolute atomic E-state index is 12.2. The molecule has 146 valence electrons. The van der Waals surface area contributed by atoms with Crippen LogP contribution in [0.2, 0.25) is 0 Å². The first kappa shape index (κ1) is 18.7. The number of rotatable bonds is 2. The fraction of sp³-hybridized carbons (Fsp3) is 0.870. The number of ketones is 1. The van der Waals surface area contributed by atoms with Crippen molar-refractivity contribution in [1.29, 1.82) is 0 Å². The normalized spacial score (nSPS) is 48.7. The minimum Gasteiger partial charge on any atom is -0.366 e. The second-order valence-corrected chi connectivity index (χ2v) is 10.7. The molecule has 0 aliphatic heterocycles. The Labute approximate surface area is 158 Å². The molecule has 1 N–H and O–H groups in total. The highest BCUT2D eigenvalue weighted by Crippen LogP contribution is 2.67. The Hall–Kier alpha value is -0.670. The van der Waals surface area contributed by atoms with Crippen LogP contribution in [0, 0.1) is 34.5 Å². The second kappa shape index (κ2) is 5.91. The van der Waals surface area contributed by atoms with Gasteiger partial charge < -0.3 is 9.84 Å². The summed E-state index contributed by atoms with van der Waals surface area (Å²) in [4.78, 5) is 12.2. The molecule has 4 aliphatic carbocycles. The number of allylic oxidation sites excluding steroid dienone is 1. The maximum Gasteiger partial charge on any atom is 0.160 e. The molecule has 4 fully saturated rings. The molecule has 3 heteroatoms. The van der Waals surface area contributed by atoms with E-state index in [1.165, 1.54) is 24.8 Å². The van der Waals surface area contributed by atoms with Crippen LogP contribution >= 0.6 is 0 Å². The minimum atomic E-state index is -1.12. The van der Waals surface area contributed by atoms with E-state index < -0.39 is 5.79 Å². The summed E-state index contributed by atoms with van der Waals surface area (Å²) in [6.07, 6.45) is 8.26. The Morgan fingerprint density at radius 3 is 2.58 bits per heavy atom. The molecular formula is C23H36O3. The number of hydrogen-bond acceptors (Lipinski definition) is 3. The lowest BCUT2D eigenvalue weighted by Gasteiger charge is -2.62. The predicted molar refractivity (Wildman–Crippen MR) is 102 cm³/mol. The van der Waals surface area contributed by atoms with Crippen molar-refractivity contribution in [2.45, 2.75) is 91.0 Å². The van der Waals surface area contributed by atoms with Crippen LogP contribution in [0.1, 0.15) is 79.1 Å². The van der Waals surface area contributed by atoms with Gasteiger partial charge in [0.05, 0.1) is 6.10 Å². The predicted octanol–water partition coefficient (Wildman–Crippen LogP) is 4.88. The smallest absolute Gasteiger partial charge is 0.160 e. The topological polar surface area (TPSA) is 46.5 Å². The van der Waals surface area contributed by atoms with Gasteiger partial charge in [0.2, 0.25) is 0 Å². The molecule has 4 saturated carbocycles. The van der Waals surface area contributed by atoms with Gasteiger partial charge in [-0.05, 0) is 86.9 Å². The van der Waals surface area contributed by atoms with Crippen molar-refractivity contribution in [1.82, 2.24) is 0 Å². The van der Waals surface area contributed by atoms with Crippen molar-refractivity contribution in [2.75, 3.05) is 0 Å². The molecule has 4 aliphatic rings. The quantitative estimate of drug-likeness (QED) is 0.564. The Morgan fingerprint density at radius 1 is 1.15 bits per heavy atom. The molecule has 0 amide bonds. The molecule has 0 heterocycles. The van der Waals surface area contributed by atoms with Crippen molar-refractivity contribution in [3.05, 3.63) is 12.2 Å². The second-order valence-electron chi connectivity index (χ2n) is 10.7.